The number of anilines is 1. The van der Waals surface area contributed by atoms with Gasteiger partial charge in [0.15, 0.2) is 11.4 Å². The third kappa shape index (κ3) is 1.96. The number of hydrogen-bond donors (Lipinski definition) is 0. The van der Waals surface area contributed by atoms with Crippen molar-refractivity contribution in [3.8, 4) is 0 Å². The molecule has 2 atom stereocenters. The van der Waals surface area contributed by atoms with Crippen LogP contribution in [-0.4, -0.2) is 23.9 Å². The summed E-state index contributed by atoms with van der Waals surface area (Å²) in [5.74, 6) is 0.868. The monoisotopic (exact) mass is 264 g/mol. The van der Waals surface area contributed by atoms with Gasteiger partial charge in [-0.2, -0.15) is 0 Å². The molecule has 1 aromatic rings. The fraction of sp³-hybridized carbons (Fsp3) is 0.714. The number of rotatable bonds is 3. The number of aromatic nitrogens is 1. The maximum Gasteiger partial charge on any atom is 0.186 e. The summed E-state index contributed by atoms with van der Waals surface area (Å²) in [5, 5.41) is 1.09. The highest BCUT2D eigenvalue weighted by Gasteiger charge is 2.36. The van der Waals surface area contributed by atoms with Gasteiger partial charge < -0.3 is 4.90 Å². The standard InChI is InChI=1S/C14H20N2OS/c1-2-11-13(9-17)18-14(15-11)16-8-4-6-10-5-3-7-12(10)16/h9-10,12H,2-8H2,1H3. The number of hydrogen-bond acceptors (Lipinski definition) is 4. The van der Waals surface area contributed by atoms with Crippen LogP contribution >= 0.6 is 11.3 Å². The Kier molecular flexibility index (Phi) is 3.37. The zero-order valence-electron chi connectivity index (χ0n) is 10.9. The topological polar surface area (TPSA) is 33.2 Å². The van der Waals surface area contributed by atoms with Gasteiger partial charge in [0.1, 0.15) is 0 Å². The quantitative estimate of drug-likeness (QED) is 0.785. The van der Waals surface area contributed by atoms with E-state index in [0.717, 1.165) is 40.9 Å². The molecule has 2 fully saturated rings. The molecule has 2 unspecified atom stereocenters. The van der Waals surface area contributed by atoms with E-state index in [9.17, 15) is 4.79 Å². The molecule has 0 aromatic carbocycles. The normalized spacial score (nSPS) is 27.3. The van der Waals surface area contributed by atoms with Gasteiger partial charge in [-0.1, -0.05) is 24.7 Å². The van der Waals surface area contributed by atoms with Crippen molar-refractivity contribution in [2.24, 2.45) is 5.92 Å². The van der Waals surface area contributed by atoms with Gasteiger partial charge in [-0.05, 0) is 38.0 Å². The van der Waals surface area contributed by atoms with Crippen LogP contribution in [0.3, 0.4) is 0 Å². The minimum absolute atomic E-state index is 0.689. The van der Waals surface area contributed by atoms with Crippen molar-refractivity contribution in [1.29, 1.82) is 0 Å². The molecule has 18 heavy (non-hydrogen) atoms. The Balaban J connectivity index is 1.88. The first-order valence-electron chi connectivity index (χ1n) is 7.05. The SMILES string of the molecule is CCc1nc(N2CCCC3CCCC32)sc1C=O. The van der Waals surface area contributed by atoms with Crippen molar-refractivity contribution in [1.82, 2.24) is 4.98 Å². The van der Waals surface area contributed by atoms with E-state index >= 15 is 0 Å². The Morgan fingerprint density at radius 1 is 1.39 bits per heavy atom. The minimum Gasteiger partial charge on any atom is -0.345 e. The van der Waals surface area contributed by atoms with Gasteiger partial charge in [0, 0.05) is 12.6 Å². The number of thiazole rings is 1. The Morgan fingerprint density at radius 3 is 2.94 bits per heavy atom. The van der Waals surface area contributed by atoms with Crippen molar-refractivity contribution < 1.29 is 4.79 Å². The summed E-state index contributed by atoms with van der Waals surface area (Å²) >= 11 is 1.59. The third-order valence-electron chi connectivity index (χ3n) is 4.40. The summed E-state index contributed by atoms with van der Waals surface area (Å²) in [6, 6.07) is 0.689. The van der Waals surface area contributed by atoms with Crippen LogP contribution in [0.2, 0.25) is 0 Å². The lowest BCUT2D eigenvalue weighted by atomic mass is 9.92. The molecule has 1 aromatic heterocycles. The molecule has 1 aliphatic carbocycles. The minimum atomic E-state index is 0.689. The lowest BCUT2D eigenvalue weighted by molar-refractivity contribution is 0.112. The molecular formula is C14H20N2OS. The van der Waals surface area contributed by atoms with Crippen LogP contribution in [0.1, 0.15) is 54.4 Å². The summed E-state index contributed by atoms with van der Waals surface area (Å²) in [5.41, 5.74) is 0.977. The number of carbonyl (C=O) groups is 1. The van der Waals surface area contributed by atoms with Gasteiger partial charge in [0.25, 0.3) is 0 Å². The van der Waals surface area contributed by atoms with Crippen LogP contribution in [0.4, 0.5) is 5.13 Å². The second kappa shape index (κ2) is 5.00. The summed E-state index contributed by atoms with van der Waals surface area (Å²) < 4.78 is 0. The van der Waals surface area contributed by atoms with E-state index in [1.165, 1.54) is 32.1 Å². The second-order valence-electron chi connectivity index (χ2n) is 5.37. The van der Waals surface area contributed by atoms with Gasteiger partial charge in [0.2, 0.25) is 0 Å². The van der Waals surface area contributed by atoms with Crippen LogP contribution in [0.5, 0.6) is 0 Å². The van der Waals surface area contributed by atoms with Gasteiger partial charge >= 0.3 is 0 Å². The molecule has 2 heterocycles. The molecule has 2 aliphatic rings. The summed E-state index contributed by atoms with van der Waals surface area (Å²) in [6.45, 7) is 3.19. The van der Waals surface area contributed by atoms with Crippen molar-refractivity contribution in [2.45, 2.75) is 51.5 Å². The Labute approximate surface area is 112 Å². The molecule has 1 aliphatic heterocycles. The van der Waals surface area contributed by atoms with E-state index in [-0.39, 0.29) is 0 Å². The van der Waals surface area contributed by atoms with E-state index < -0.39 is 0 Å². The first-order chi connectivity index (χ1) is 8.83. The third-order valence-corrected chi connectivity index (χ3v) is 5.46. The van der Waals surface area contributed by atoms with Gasteiger partial charge in [-0.3, -0.25) is 4.79 Å². The van der Waals surface area contributed by atoms with Crippen LogP contribution in [0.25, 0.3) is 0 Å². The number of fused-ring (bicyclic) bond motifs is 1. The van der Waals surface area contributed by atoms with Crippen LogP contribution < -0.4 is 4.90 Å². The van der Waals surface area contributed by atoms with Gasteiger partial charge in [-0.15, -0.1) is 0 Å². The van der Waals surface area contributed by atoms with Crippen molar-refractivity contribution in [2.75, 3.05) is 11.4 Å². The van der Waals surface area contributed by atoms with E-state index in [1.54, 1.807) is 11.3 Å². The zero-order valence-corrected chi connectivity index (χ0v) is 11.7. The van der Waals surface area contributed by atoms with E-state index in [4.69, 9.17) is 4.98 Å². The fourth-order valence-electron chi connectivity index (χ4n) is 3.51. The molecular weight excluding hydrogens is 244 g/mol. The Morgan fingerprint density at radius 2 is 2.22 bits per heavy atom. The summed E-state index contributed by atoms with van der Waals surface area (Å²) in [4.78, 5) is 19.1. The maximum absolute atomic E-state index is 11.1. The average molecular weight is 264 g/mol. The number of aldehydes is 1. The highest BCUT2D eigenvalue weighted by molar-refractivity contribution is 7.17. The molecule has 98 valence electrons. The molecule has 0 bridgehead atoms. The average Bonchev–Trinajstić information content (AvgIpc) is 3.04. The van der Waals surface area contributed by atoms with E-state index in [0.29, 0.717) is 6.04 Å². The first kappa shape index (κ1) is 12.2. The molecule has 0 N–H and O–H groups in total. The molecule has 0 amide bonds. The maximum atomic E-state index is 11.1. The van der Waals surface area contributed by atoms with Gasteiger partial charge in [0.05, 0.1) is 10.6 Å². The molecule has 0 spiro atoms. The summed E-state index contributed by atoms with van der Waals surface area (Å²) in [6.07, 6.45) is 8.53. The van der Waals surface area contributed by atoms with Crippen molar-refractivity contribution >= 4 is 22.8 Å². The second-order valence-corrected chi connectivity index (χ2v) is 6.38. The van der Waals surface area contributed by atoms with Crippen molar-refractivity contribution in [3.63, 3.8) is 0 Å². The number of carbonyl (C=O) groups excluding carboxylic acids is 1. The van der Waals surface area contributed by atoms with E-state index in [2.05, 4.69) is 11.8 Å². The predicted molar refractivity (Wildman–Crippen MR) is 74.6 cm³/mol. The zero-order chi connectivity index (χ0) is 12.5. The number of piperidine rings is 1. The lowest BCUT2D eigenvalue weighted by Gasteiger charge is -2.37. The predicted octanol–water partition coefficient (Wildman–Crippen LogP) is 3.29. The number of aryl methyl sites for hydroxylation is 1. The fourth-order valence-corrected chi connectivity index (χ4v) is 4.56. The molecule has 0 radical (unpaired) electrons. The number of nitrogens with zero attached hydrogens (tertiary/aromatic N) is 2. The summed E-state index contributed by atoms with van der Waals surface area (Å²) in [7, 11) is 0. The Hall–Kier alpha value is -0.900. The van der Waals surface area contributed by atoms with Gasteiger partial charge in [-0.25, -0.2) is 4.98 Å². The van der Waals surface area contributed by atoms with Crippen LogP contribution in [0, 0.1) is 5.92 Å². The van der Waals surface area contributed by atoms with Crippen molar-refractivity contribution in [3.05, 3.63) is 10.6 Å². The molecule has 3 nitrogen and oxygen atoms in total. The smallest absolute Gasteiger partial charge is 0.186 e. The first-order valence-corrected chi connectivity index (χ1v) is 7.86. The molecule has 3 rings (SSSR count). The van der Waals surface area contributed by atoms with E-state index in [1.807, 2.05) is 0 Å². The van der Waals surface area contributed by atoms with Crippen LogP contribution in [0.15, 0.2) is 0 Å². The Bertz CT molecular complexity index is 443. The molecule has 1 saturated carbocycles. The largest absolute Gasteiger partial charge is 0.345 e. The molecule has 4 heteroatoms. The molecule has 1 saturated heterocycles. The highest BCUT2D eigenvalue weighted by Crippen LogP contribution is 2.40. The highest BCUT2D eigenvalue weighted by atomic mass is 32.1. The lowest BCUT2D eigenvalue weighted by Crippen LogP contribution is -2.42. The van der Waals surface area contributed by atoms with Crippen LogP contribution in [-0.2, 0) is 6.42 Å².